The van der Waals surface area contributed by atoms with Crippen LogP contribution in [0, 0.1) is 6.08 Å². The van der Waals surface area contributed by atoms with E-state index < -0.39 is 0 Å². The molecule has 1 heterocycles. The predicted molar refractivity (Wildman–Crippen MR) is 50.3 cm³/mol. The molecule has 1 heteroatoms. The minimum atomic E-state index is 0.608. The van der Waals surface area contributed by atoms with Crippen molar-refractivity contribution in [3.63, 3.8) is 0 Å². The Morgan fingerprint density at radius 3 is 3.27 bits per heavy atom. The number of hydrogen-bond donors (Lipinski definition) is 0. The maximum Gasteiger partial charge on any atom is 0.0531 e. The predicted octanol–water partition coefficient (Wildman–Crippen LogP) is 3.09. The fourth-order valence-electron chi connectivity index (χ4n) is 1.37. The van der Waals surface area contributed by atoms with Crippen molar-refractivity contribution in [2.75, 3.05) is 0 Å². The fraction of sp³-hybridized carbons (Fsp3) is 0.400. The van der Waals surface area contributed by atoms with Gasteiger partial charge in [0.2, 0.25) is 0 Å². The molecule has 2 rings (SSSR count). The van der Waals surface area contributed by atoms with Crippen molar-refractivity contribution in [1.82, 2.24) is 0 Å². The van der Waals surface area contributed by atoms with Crippen LogP contribution in [0.4, 0.5) is 0 Å². The van der Waals surface area contributed by atoms with Crippen LogP contribution in [-0.4, -0.2) is 5.25 Å². The highest BCUT2D eigenvalue weighted by Crippen LogP contribution is 2.40. The molecule has 0 N–H and O–H groups in total. The molecule has 2 aliphatic rings. The topological polar surface area (TPSA) is 0 Å². The van der Waals surface area contributed by atoms with Gasteiger partial charge in [0.25, 0.3) is 0 Å². The second kappa shape index (κ2) is 2.90. The molecule has 0 bridgehead atoms. The molecule has 11 heavy (non-hydrogen) atoms. The Bertz CT molecular complexity index is 246. The van der Waals surface area contributed by atoms with Crippen molar-refractivity contribution in [1.29, 1.82) is 0 Å². The molecule has 1 aliphatic heterocycles. The van der Waals surface area contributed by atoms with Gasteiger partial charge in [-0.25, -0.2) is 0 Å². The summed E-state index contributed by atoms with van der Waals surface area (Å²) >= 11 is 1.96. The number of rotatable bonds is 2. The first-order valence-electron chi connectivity index (χ1n) is 4.08. The van der Waals surface area contributed by atoms with Gasteiger partial charge in [0.15, 0.2) is 0 Å². The summed E-state index contributed by atoms with van der Waals surface area (Å²) in [5, 5.41) is 0.608. The second-order valence-electron chi connectivity index (χ2n) is 2.84. The molecule has 0 fully saturated rings. The maximum absolute atomic E-state index is 3.43. The molecule has 0 aromatic heterocycles. The average Bonchev–Trinajstić information content (AvgIpc) is 2.46. The third kappa shape index (κ3) is 1.30. The molecule has 0 saturated carbocycles. The van der Waals surface area contributed by atoms with Gasteiger partial charge in [-0.1, -0.05) is 31.6 Å². The Morgan fingerprint density at radius 2 is 2.55 bits per heavy atom. The molecule has 1 aliphatic carbocycles. The van der Waals surface area contributed by atoms with Gasteiger partial charge in [-0.15, -0.1) is 11.8 Å². The molecular weight excluding hydrogens is 152 g/mol. The van der Waals surface area contributed by atoms with Gasteiger partial charge in [-0.05, 0) is 23.0 Å². The summed E-state index contributed by atoms with van der Waals surface area (Å²) in [6, 6.07) is 0. The summed E-state index contributed by atoms with van der Waals surface area (Å²) in [6.07, 6.45) is 12.4. The Kier molecular flexibility index (Phi) is 1.91. The molecule has 1 unspecified atom stereocenters. The van der Waals surface area contributed by atoms with Crippen molar-refractivity contribution < 1.29 is 0 Å². The van der Waals surface area contributed by atoms with Gasteiger partial charge in [-0.3, -0.25) is 0 Å². The number of allylic oxidation sites excluding steroid dienone is 4. The standard InChI is InChI=1S/C10H11S/c1-2-4-9-7-8-5-3-6-10(8)11-9/h3,5-6,10H,2,4H2,1H3. The minimum absolute atomic E-state index is 0.608. The summed E-state index contributed by atoms with van der Waals surface area (Å²) < 4.78 is 0. The number of hydrogen-bond acceptors (Lipinski definition) is 1. The van der Waals surface area contributed by atoms with Crippen LogP contribution in [0.25, 0.3) is 0 Å². The van der Waals surface area contributed by atoms with Crippen LogP contribution < -0.4 is 0 Å². The van der Waals surface area contributed by atoms with Gasteiger partial charge in [0, 0.05) is 0 Å². The summed E-state index contributed by atoms with van der Waals surface area (Å²) in [5.41, 5.74) is 1.37. The lowest BCUT2D eigenvalue weighted by molar-refractivity contribution is 0.946. The maximum atomic E-state index is 3.43. The number of fused-ring (bicyclic) bond motifs is 1. The van der Waals surface area contributed by atoms with Crippen LogP contribution in [0.5, 0.6) is 0 Å². The van der Waals surface area contributed by atoms with Crippen molar-refractivity contribution in [2.24, 2.45) is 0 Å². The molecular formula is C10H11S. The van der Waals surface area contributed by atoms with Crippen LogP contribution in [0.3, 0.4) is 0 Å². The van der Waals surface area contributed by atoms with Gasteiger partial charge < -0.3 is 0 Å². The van der Waals surface area contributed by atoms with Crippen LogP contribution in [-0.2, 0) is 0 Å². The summed E-state index contributed by atoms with van der Waals surface area (Å²) in [7, 11) is 0. The van der Waals surface area contributed by atoms with Crippen molar-refractivity contribution in [3.05, 3.63) is 34.8 Å². The van der Waals surface area contributed by atoms with E-state index in [2.05, 4.69) is 31.2 Å². The van der Waals surface area contributed by atoms with Crippen molar-refractivity contribution in [2.45, 2.75) is 25.0 Å². The van der Waals surface area contributed by atoms with Gasteiger partial charge in [-0.2, -0.15) is 0 Å². The first kappa shape index (κ1) is 7.23. The van der Waals surface area contributed by atoms with Gasteiger partial charge in [0.05, 0.1) is 5.25 Å². The zero-order valence-corrected chi connectivity index (χ0v) is 7.45. The van der Waals surface area contributed by atoms with Gasteiger partial charge >= 0.3 is 0 Å². The second-order valence-corrected chi connectivity index (χ2v) is 4.08. The highest BCUT2D eigenvalue weighted by Gasteiger charge is 2.22. The molecule has 1 radical (unpaired) electrons. The van der Waals surface area contributed by atoms with E-state index in [1.54, 1.807) is 0 Å². The van der Waals surface area contributed by atoms with E-state index >= 15 is 0 Å². The van der Waals surface area contributed by atoms with Crippen LogP contribution in [0.1, 0.15) is 19.8 Å². The summed E-state index contributed by atoms with van der Waals surface area (Å²) in [5.74, 6) is 0. The lowest BCUT2D eigenvalue weighted by Crippen LogP contribution is -1.89. The highest BCUT2D eigenvalue weighted by molar-refractivity contribution is 8.04. The Labute approximate surface area is 72.1 Å². The lowest BCUT2D eigenvalue weighted by atomic mass is 10.2. The molecule has 0 aromatic rings. The average molecular weight is 163 g/mol. The fourth-order valence-corrected chi connectivity index (χ4v) is 2.61. The van der Waals surface area contributed by atoms with E-state index in [0.29, 0.717) is 5.25 Å². The molecule has 0 nitrogen and oxygen atoms in total. The largest absolute Gasteiger partial charge is 0.117 e. The quantitative estimate of drug-likeness (QED) is 0.603. The lowest BCUT2D eigenvalue weighted by Gasteiger charge is -2.00. The van der Waals surface area contributed by atoms with E-state index in [0.717, 1.165) is 0 Å². The zero-order valence-electron chi connectivity index (χ0n) is 6.63. The third-order valence-corrected chi connectivity index (χ3v) is 3.15. The van der Waals surface area contributed by atoms with Crippen LogP contribution in [0.2, 0.25) is 0 Å². The van der Waals surface area contributed by atoms with Gasteiger partial charge in [0.1, 0.15) is 0 Å². The smallest absolute Gasteiger partial charge is 0.0531 e. The van der Waals surface area contributed by atoms with Crippen LogP contribution >= 0.6 is 11.8 Å². The van der Waals surface area contributed by atoms with Crippen molar-refractivity contribution in [3.8, 4) is 0 Å². The third-order valence-electron chi connectivity index (χ3n) is 1.90. The van der Waals surface area contributed by atoms with E-state index in [4.69, 9.17) is 0 Å². The van der Waals surface area contributed by atoms with E-state index in [1.165, 1.54) is 23.3 Å². The normalized spacial score (nSPS) is 26.8. The molecule has 1 atom stereocenters. The highest BCUT2D eigenvalue weighted by atomic mass is 32.2. The van der Waals surface area contributed by atoms with Crippen molar-refractivity contribution >= 4 is 11.8 Å². The molecule has 0 aromatic carbocycles. The SMILES string of the molecule is CCCC1=[C]C2=CC=CC2S1. The van der Waals surface area contributed by atoms with E-state index in [1.807, 2.05) is 11.8 Å². The Hall–Kier alpha value is -0.430. The summed E-state index contributed by atoms with van der Waals surface area (Å²) in [4.78, 5) is 1.44. The first-order valence-corrected chi connectivity index (χ1v) is 4.96. The molecule has 57 valence electrons. The Morgan fingerprint density at radius 1 is 1.64 bits per heavy atom. The van der Waals surface area contributed by atoms with Crippen LogP contribution in [0.15, 0.2) is 28.7 Å². The first-order chi connectivity index (χ1) is 5.40. The van der Waals surface area contributed by atoms with E-state index in [9.17, 15) is 0 Å². The zero-order chi connectivity index (χ0) is 7.68. The molecule has 0 amide bonds. The van der Waals surface area contributed by atoms with E-state index in [-0.39, 0.29) is 0 Å². The molecule has 0 spiro atoms. The monoisotopic (exact) mass is 163 g/mol. The minimum Gasteiger partial charge on any atom is -0.117 e. The Balaban J connectivity index is 2.09. The number of thioether (sulfide) groups is 1. The summed E-state index contributed by atoms with van der Waals surface area (Å²) in [6.45, 7) is 2.22. The molecule has 0 saturated heterocycles.